The number of ether oxygens (including phenoxy) is 1. The quantitative estimate of drug-likeness (QED) is 0.918. The Morgan fingerprint density at radius 1 is 1.31 bits per heavy atom. The fourth-order valence-corrected chi connectivity index (χ4v) is 4.28. The minimum absolute atomic E-state index is 0.169. The number of rotatable bonds is 4. The van der Waals surface area contributed by atoms with Gasteiger partial charge >= 0.3 is 0 Å². The van der Waals surface area contributed by atoms with Crippen molar-refractivity contribution >= 4 is 5.91 Å². The van der Waals surface area contributed by atoms with Crippen molar-refractivity contribution < 1.29 is 9.53 Å². The van der Waals surface area contributed by atoms with Crippen LogP contribution in [-0.4, -0.2) is 46.3 Å². The molecule has 1 amide bonds. The number of carbonyl (C=O) groups excluding carboxylic acids is 1. The van der Waals surface area contributed by atoms with Crippen LogP contribution in [0.1, 0.15) is 55.3 Å². The summed E-state index contributed by atoms with van der Waals surface area (Å²) in [4.78, 5) is 14.8. The van der Waals surface area contributed by atoms with E-state index in [1.54, 1.807) is 0 Å². The fraction of sp³-hybridized carbons (Fsp3) is 0.524. The molecule has 1 aromatic carbocycles. The van der Waals surface area contributed by atoms with Crippen LogP contribution in [0.5, 0.6) is 0 Å². The molecule has 1 unspecified atom stereocenters. The standard InChI is InChI=1S/C21H27N3O2/c1-21(10-5-13-26-21)20(25)24-11-8-17(9-12-24)19-18(15-22-23-19)14-16-6-3-2-4-7-16/h2-4,6-7,15,17H,5,8-14H2,1H3,(H,22,23). The van der Waals surface area contributed by atoms with Gasteiger partial charge in [0, 0.05) is 37.7 Å². The van der Waals surface area contributed by atoms with E-state index in [0.29, 0.717) is 12.5 Å². The van der Waals surface area contributed by atoms with Crippen LogP contribution in [0.25, 0.3) is 0 Å². The molecule has 5 nitrogen and oxygen atoms in total. The lowest BCUT2D eigenvalue weighted by molar-refractivity contribution is -0.152. The topological polar surface area (TPSA) is 58.2 Å². The van der Waals surface area contributed by atoms with Crippen LogP contribution in [0.4, 0.5) is 0 Å². The van der Waals surface area contributed by atoms with Crippen LogP contribution < -0.4 is 0 Å². The van der Waals surface area contributed by atoms with Gasteiger partial charge in [-0.2, -0.15) is 5.10 Å². The van der Waals surface area contributed by atoms with E-state index in [0.717, 1.165) is 45.2 Å². The zero-order valence-corrected chi connectivity index (χ0v) is 15.4. The zero-order chi connectivity index (χ0) is 18.0. The molecular formula is C21H27N3O2. The number of aromatic amines is 1. The average molecular weight is 353 g/mol. The van der Waals surface area contributed by atoms with Gasteiger partial charge in [-0.3, -0.25) is 9.89 Å². The second-order valence-electron chi connectivity index (χ2n) is 7.72. The second-order valence-corrected chi connectivity index (χ2v) is 7.72. The number of carbonyl (C=O) groups is 1. The number of piperidine rings is 1. The first kappa shape index (κ1) is 17.3. The monoisotopic (exact) mass is 353 g/mol. The maximum absolute atomic E-state index is 12.8. The highest BCUT2D eigenvalue weighted by Gasteiger charge is 2.41. The number of H-pyrrole nitrogens is 1. The molecule has 138 valence electrons. The third kappa shape index (κ3) is 3.40. The normalized spacial score (nSPS) is 24.1. The smallest absolute Gasteiger partial charge is 0.254 e. The number of hydrogen-bond acceptors (Lipinski definition) is 3. The molecule has 2 aliphatic heterocycles. The van der Waals surface area contributed by atoms with Gasteiger partial charge in [-0.1, -0.05) is 30.3 Å². The first-order valence-electron chi connectivity index (χ1n) is 9.65. The van der Waals surface area contributed by atoms with E-state index in [2.05, 4.69) is 34.5 Å². The Labute approximate surface area is 154 Å². The van der Waals surface area contributed by atoms with Gasteiger partial charge in [0.15, 0.2) is 0 Å². The third-order valence-corrected chi connectivity index (χ3v) is 5.85. The molecule has 1 N–H and O–H groups in total. The Morgan fingerprint density at radius 2 is 2.08 bits per heavy atom. The van der Waals surface area contributed by atoms with Crippen molar-refractivity contribution in [1.29, 1.82) is 0 Å². The number of nitrogens with zero attached hydrogens (tertiary/aromatic N) is 2. The van der Waals surface area contributed by atoms with E-state index in [9.17, 15) is 4.79 Å². The molecule has 5 heteroatoms. The molecule has 2 aromatic rings. The molecule has 0 spiro atoms. The minimum atomic E-state index is -0.598. The van der Waals surface area contributed by atoms with E-state index in [4.69, 9.17) is 4.74 Å². The highest BCUT2D eigenvalue weighted by atomic mass is 16.5. The second kappa shape index (κ2) is 7.23. The predicted octanol–water partition coefficient (Wildman–Crippen LogP) is 3.28. The molecule has 2 aliphatic rings. The van der Waals surface area contributed by atoms with Crippen LogP contribution in [0, 0.1) is 0 Å². The summed E-state index contributed by atoms with van der Waals surface area (Å²) in [5.41, 5.74) is 3.21. The number of amides is 1. The summed E-state index contributed by atoms with van der Waals surface area (Å²) in [5.74, 6) is 0.611. The maximum atomic E-state index is 12.8. The van der Waals surface area contributed by atoms with Crippen LogP contribution >= 0.6 is 0 Å². The molecular weight excluding hydrogens is 326 g/mol. The molecule has 2 fully saturated rings. The van der Waals surface area contributed by atoms with Crippen LogP contribution in [-0.2, 0) is 16.0 Å². The van der Waals surface area contributed by atoms with Crippen LogP contribution in [0.2, 0.25) is 0 Å². The van der Waals surface area contributed by atoms with Crippen molar-refractivity contribution in [3.05, 3.63) is 53.3 Å². The molecule has 1 atom stereocenters. The Morgan fingerprint density at radius 3 is 2.77 bits per heavy atom. The van der Waals surface area contributed by atoms with Gasteiger partial charge in [0.2, 0.25) is 0 Å². The largest absolute Gasteiger partial charge is 0.365 e. The van der Waals surface area contributed by atoms with Crippen LogP contribution in [0.15, 0.2) is 36.5 Å². The number of likely N-dealkylation sites (tertiary alicyclic amines) is 1. The minimum Gasteiger partial charge on any atom is -0.365 e. The lowest BCUT2D eigenvalue weighted by atomic mass is 9.89. The van der Waals surface area contributed by atoms with Gasteiger partial charge in [0.05, 0.1) is 6.20 Å². The number of nitrogens with one attached hydrogen (secondary N) is 1. The van der Waals surface area contributed by atoms with Crippen molar-refractivity contribution in [1.82, 2.24) is 15.1 Å². The van der Waals surface area contributed by atoms with Crippen molar-refractivity contribution in [2.75, 3.05) is 19.7 Å². The average Bonchev–Trinajstić information content (AvgIpc) is 3.32. The van der Waals surface area contributed by atoms with Crippen molar-refractivity contribution in [3.8, 4) is 0 Å². The molecule has 0 aliphatic carbocycles. The summed E-state index contributed by atoms with van der Waals surface area (Å²) in [6.45, 7) is 4.25. The van der Waals surface area contributed by atoms with E-state index in [-0.39, 0.29) is 5.91 Å². The van der Waals surface area contributed by atoms with Gasteiger partial charge in [-0.25, -0.2) is 0 Å². The summed E-state index contributed by atoms with van der Waals surface area (Å²) >= 11 is 0. The first-order chi connectivity index (χ1) is 12.7. The van der Waals surface area contributed by atoms with Gasteiger partial charge in [0.25, 0.3) is 5.91 Å². The summed E-state index contributed by atoms with van der Waals surface area (Å²) in [6, 6.07) is 10.5. The maximum Gasteiger partial charge on any atom is 0.254 e. The van der Waals surface area contributed by atoms with E-state index in [1.807, 2.05) is 24.1 Å². The lowest BCUT2D eigenvalue weighted by Gasteiger charge is -2.36. The SMILES string of the molecule is CC1(C(=O)N2CCC(c3[nH]ncc3Cc3ccccc3)CC2)CCCO1. The van der Waals surface area contributed by atoms with Crippen molar-refractivity contribution in [3.63, 3.8) is 0 Å². The van der Waals surface area contributed by atoms with Gasteiger partial charge in [-0.15, -0.1) is 0 Å². The third-order valence-electron chi connectivity index (χ3n) is 5.85. The first-order valence-corrected chi connectivity index (χ1v) is 9.65. The van der Waals surface area contributed by atoms with Crippen LogP contribution in [0.3, 0.4) is 0 Å². The summed E-state index contributed by atoms with van der Waals surface area (Å²) in [5, 5.41) is 7.52. The zero-order valence-electron chi connectivity index (χ0n) is 15.4. The summed E-state index contributed by atoms with van der Waals surface area (Å²) in [6.07, 6.45) is 6.63. The highest BCUT2D eigenvalue weighted by Crippen LogP contribution is 2.33. The Balaban J connectivity index is 1.40. The van der Waals surface area contributed by atoms with Crippen molar-refractivity contribution in [2.45, 2.75) is 50.5 Å². The van der Waals surface area contributed by atoms with Gasteiger partial charge < -0.3 is 9.64 Å². The molecule has 26 heavy (non-hydrogen) atoms. The lowest BCUT2D eigenvalue weighted by Crippen LogP contribution is -2.49. The summed E-state index contributed by atoms with van der Waals surface area (Å²) in [7, 11) is 0. The predicted molar refractivity (Wildman–Crippen MR) is 100.0 cm³/mol. The summed E-state index contributed by atoms with van der Waals surface area (Å²) < 4.78 is 5.73. The number of hydrogen-bond donors (Lipinski definition) is 1. The van der Waals surface area contributed by atoms with Gasteiger partial charge in [-0.05, 0) is 43.7 Å². The highest BCUT2D eigenvalue weighted by molar-refractivity contribution is 5.85. The van der Waals surface area contributed by atoms with Gasteiger partial charge in [0.1, 0.15) is 5.60 Å². The molecule has 0 saturated carbocycles. The molecule has 1 aromatic heterocycles. The Hall–Kier alpha value is -2.14. The van der Waals surface area contributed by atoms with E-state index < -0.39 is 5.60 Å². The molecule has 4 rings (SSSR count). The molecule has 0 radical (unpaired) electrons. The Kier molecular flexibility index (Phi) is 4.81. The fourth-order valence-electron chi connectivity index (χ4n) is 4.28. The van der Waals surface area contributed by atoms with Crippen molar-refractivity contribution in [2.24, 2.45) is 0 Å². The molecule has 0 bridgehead atoms. The molecule has 2 saturated heterocycles. The Bertz CT molecular complexity index is 742. The van der Waals surface area contributed by atoms with E-state index in [1.165, 1.54) is 16.8 Å². The van der Waals surface area contributed by atoms with E-state index >= 15 is 0 Å². The number of aromatic nitrogens is 2. The molecule has 3 heterocycles. The number of benzene rings is 1.